The Morgan fingerprint density at radius 2 is 2.04 bits per heavy atom. The maximum absolute atomic E-state index is 3.99. The summed E-state index contributed by atoms with van der Waals surface area (Å²) < 4.78 is 3.56. The minimum atomic E-state index is -0.637. The predicted molar refractivity (Wildman–Crippen MR) is 92.3 cm³/mol. The van der Waals surface area contributed by atoms with Crippen LogP contribution in [0.2, 0.25) is 0 Å². The molecule has 0 amide bonds. The van der Waals surface area contributed by atoms with Crippen LogP contribution in [0.3, 0.4) is 0 Å². The van der Waals surface area contributed by atoms with Crippen LogP contribution in [0.25, 0.3) is 6.08 Å². The molecule has 0 radical (unpaired) electrons. The van der Waals surface area contributed by atoms with Crippen molar-refractivity contribution in [3.63, 3.8) is 0 Å². The number of hydrogen-bond acceptors (Lipinski definition) is 0. The summed E-state index contributed by atoms with van der Waals surface area (Å²) in [5.41, 5.74) is 4.65. The summed E-state index contributed by atoms with van der Waals surface area (Å²) in [6.45, 7) is 6.27. The standard InChI is InChI=1S/C12H11.C9H13.2ClH.Zr/c1-2-5-10-8-9-11-6-3-4-7-12(10)11;1-2-3-6-9-7-4-5-8-9;;;/h2-4,6-7,9-10H,1,5H2;4,7H,2-3,5-6H2,1H3;2*1H;/q;;;;+2/p-2. The van der Waals surface area contributed by atoms with Crippen molar-refractivity contribution >= 4 is 6.08 Å². The number of fused-ring (bicyclic) bond motifs is 1. The second-order valence-corrected chi connectivity index (χ2v) is 9.66. The number of unbranched alkanes of at least 4 members (excludes halogenated alkanes) is 1. The van der Waals surface area contributed by atoms with Gasteiger partial charge in [-0.1, -0.05) is 0 Å². The minimum absolute atomic E-state index is 0. The summed E-state index contributed by atoms with van der Waals surface area (Å²) >= 11 is -0.637. The van der Waals surface area contributed by atoms with Crippen molar-refractivity contribution in [3.05, 3.63) is 72.3 Å². The van der Waals surface area contributed by atoms with E-state index in [1.165, 1.54) is 36.8 Å². The van der Waals surface area contributed by atoms with Crippen LogP contribution in [0.5, 0.6) is 0 Å². The summed E-state index contributed by atoms with van der Waals surface area (Å²) in [6.07, 6.45) is 15.6. The van der Waals surface area contributed by atoms with Gasteiger partial charge < -0.3 is 24.8 Å². The minimum Gasteiger partial charge on any atom is -1.00 e. The Bertz CT molecular complexity index is 656. The van der Waals surface area contributed by atoms with Gasteiger partial charge in [0.1, 0.15) is 0 Å². The van der Waals surface area contributed by atoms with Gasteiger partial charge in [0.05, 0.1) is 0 Å². The maximum atomic E-state index is 3.99. The van der Waals surface area contributed by atoms with Crippen molar-refractivity contribution in [3.8, 4) is 0 Å². The fourth-order valence-electron chi connectivity index (χ4n) is 3.40. The Morgan fingerprint density at radius 1 is 1.25 bits per heavy atom. The zero-order valence-corrected chi connectivity index (χ0v) is 18.2. The van der Waals surface area contributed by atoms with Crippen LogP contribution in [-0.2, 0) is 23.2 Å². The summed E-state index contributed by atoms with van der Waals surface area (Å²) in [7, 11) is 0. The number of allylic oxidation sites excluding steroid dienone is 6. The summed E-state index contributed by atoms with van der Waals surface area (Å²) in [5, 5.41) is 0. The fourth-order valence-corrected chi connectivity index (χ4v) is 7.36. The Morgan fingerprint density at radius 3 is 2.79 bits per heavy atom. The number of benzene rings is 1. The van der Waals surface area contributed by atoms with Crippen molar-refractivity contribution < 1.29 is 48.0 Å². The van der Waals surface area contributed by atoms with Gasteiger partial charge in [0.2, 0.25) is 0 Å². The van der Waals surface area contributed by atoms with Crippen LogP contribution >= 0.6 is 0 Å². The molecule has 0 saturated carbocycles. The van der Waals surface area contributed by atoms with E-state index < -0.39 is 23.2 Å². The molecule has 24 heavy (non-hydrogen) atoms. The van der Waals surface area contributed by atoms with Crippen LogP contribution in [0.4, 0.5) is 0 Å². The Balaban J connectivity index is 0.00000144. The van der Waals surface area contributed by atoms with Gasteiger partial charge in [0, 0.05) is 0 Å². The first kappa shape index (κ1) is 21.7. The SMILES string of the molecule is C=CCC1[C]([Zr+2][C]2=C(CCCC)C=CC2)=Cc2ccccc21.[Cl-].[Cl-]. The van der Waals surface area contributed by atoms with Crippen molar-refractivity contribution in [2.45, 2.75) is 44.9 Å². The van der Waals surface area contributed by atoms with Crippen LogP contribution < -0.4 is 24.8 Å². The number of rotatable bonds is 7. The summed E-state index contributed by atoms with van der Waals surface area (Å²) in [5.74, 6) is 0.612. The van der Waals surface area contributed by atoms with Crippen LogP contribution in [0, 0.1) is 0 Å². The molecule has 0 N–H and O–H groups in total. The van der Waals surface area contributed by atoms with Crippen LogP contribution in [0.1, 0.15) is 56.1 Å². The van der Waals surface area contributed by atoms with Gasteiger partial charge in [-0.2, -0.15) is 0 Å². The van der Waals surface area contributed by atoms with E-state index in [-0.39, 0.29) is 24.8 Å². The second kappa shape index (κ2) is 10.6. The van der Waals surface area contributed by atoms with Gasteiger partial charge in [0.15, 0.2) is 0 Å². The van der Waals surface area contributed by atoms with E-state index in [9.17, 15) is 0 Å². The van der Waals surface area contributed by atoms with Gasteiger partial charge in [0.25, 0.3) is 0 Å². The zero-order valence-electron chi connectivity index (χ0n) is 14.2. The van der Waals surface area contributed by atoms with Gasteiger partial charge >= 0.3 is 147 Å². The van der Waals surface area contributed by atoms with E-state index in [1.54, 1.807) is 8.85 Å². The molecule has 0 fully saturated rings. The first-order valence-electron chi connectivity index (χ1n) is 8.40. The Hall–Kier alpha value is -0.357. The monoisotopic (exact) mass is 436 g/mol. The number of halogens is 2. The fraction of sp³-hybridized carbons (Fsp3) is 0.333. The van der Waals surface area contributed by atoms with E-state index >= 15 is 0 Å². The number of hydrogen-bond donors (Lipinski definition) is 0. The molecule has 0 bridgehead atoms. The first-order chi connectivity index (χ1) is 10.8. The maximum Gasteiger partial charge on any atom is -1.00 e. The van der Waals surface area contributed by atoms with E-state index in [0.717, 1.165) is 6.42 Å². The molecule has 0 saturated heterocycles. The first-order valence-corrected chi connectivity index (χ1v) is 10.9. The molecule has 2 aliphatic carbocycles. The largest absolute Gasteiger partial charge is 1.00 e. The molecular weight excluding hydrogens is 414 g/mol. The quantitative estimate of drug-likeness (QED) is 0.534. The topological polar surface area (TPSA) is 0 Å². The molecule has 0 aromatic heterocycles. The Labute approximate surface area is 170 Å². The van der Waals surface area contributed by atoms with Crippen molar-refractivity contribution in [1.29, 1.82) is 0 Å². The summed E-state index contributed by atoms with van der Waals surface area (Å²) in [4.78, 5) is 0. The van der Waals surface area contributed by atoms with Crippen LogP contribution in [-0.4, -0.2) is 0 Å². The normalized spacial score (nSPS) is 17.5. The third-order valence-electron chi connectivity index (χ3n) is 4.58. The smallest absolute Gasteiger partial charge is 1.00 e. The third-order valence-corrected chi connectivity index (χ3v) is 8.54. The molecular formula is C21H24Cl2Zr. The van der Waals surface area contributed by atoms with Crippen molar-refractivity contribution in [1.82, 2.24) is 0 Å². The average molecular weight is 439 g/mol. The molecule has 1 atom stereocenters. The molecule has 3 heteroatoms. The third kappa shape index (κ3) is 4.84. The van der Waals surface area contributed by atoms with Crippen molar-refractivity contribution in [2.75, 3.05) is 0 Å². The molecule has 3 rings (SSSR count). The zero-order chi connectivity index (χ0) is 15.4. The predicted octanol–water partition coefficient (Wildman–Crippen LogP) is 0.196. The molecule has 1 unspecified atom stereocenters. The molecule has 0 nitrogen and oxygen atoms in total. The van der Waals surface area contributed by atoms with E-state index in [1.807, 2.05) is 3.28 Å². The second-order valence-electron chi connectivity index (χ2n) is 6.14. The summed E-state index contributed by atoms with van der Waals surface area (Å²) in [6, 6.07) is 8.93. The molecule has 0 heterocycles. The Kier molecular flexibility index (Phi) is 9.57. The van der Waals surface area contributed by atoms with Gasteiger partial charge in [-0.05, 0) is 0 Å². The molecule has 0 spiro atoms. The van der Waals surface area contributed by atoms with E-state index in [0.29, 0.717) is 5.92 Å². The van der Waals surface area contributed by atoms with Gasteiger partial charge in [-0.15, -0.1) is 0 Å². The van der Waals surface area contributed by atoms with Gasteiger partial charge in [-0.25, -0.2) is 0 Å². The molecule has 126 valence electrons. The molecule has 0 aliphatic heterocycles. The van der Waals surface area contributed by atoms with Gasteiger partial charge in [-0.3, -0.25) is 0 Å². The molecule has 1 aromatic rings. The molecule has 2 aliphatic rings. The average Bonchev–Trinajstić information content (AvgIpc) is 3.11. The van der Waals surface area contributed by atoms with E-state index in [4.69, 9.17) is 0 Å². The molecule has 1 aromatic carbocycles. The van der Waals surface area contributed by atoms with Crippen molar-refractivity contribution in [2.24, 2.45) is 0 Å². The van der Waals surface area contributed by atoms with E-state index in [2.05, 4.69) is 62.1 Å². The van der Waals surface area contributed by atoms with Crippen LogP contribution in [0.15, 0.2) is 61.2 Å².